The van der Waals surface area contributed by atoms with E-state index in [4.69, 9.17) is 4.74 Å². The van der Waals surface area contributed by atoms with E-state index in [0.29, 0.717) is 6.61 Å². The molecule has 1 aliphatic rings. The molecule has 5 rings (SSSR count). The Morgan fingerprint density at radius 3 is 2.29 bits per heavy atom. The molecule has 1 heterocycles. The van der Waals surface area contributed by atoms with Crippen LogP contribution in [0, 0.1) is 0 Å². The molecule has 0 aromatic heterocycles. The number of aromatic hydroxyl groups is 2. The van der Waals surface area contributed by atoms with Crippen molar-refractivity contribution in [1.29, 1.82) is 0 Å². The standard InChI is InChI=1S/C29H29NO3.ClH/c31-24-10-7-21(8-11-24)27-13-9-22-19-25(32)12-14-28(22)29(27)23-5-4-6-26(20-23)33-18-17-30-15-2-1-3-16-30;/h4-14,19-20,31-32H,1-3,15-18H2;1H. The lowest BCUT2D eigenvalue weighted by molar-refractivity contribution is 0.183. The van der Waals surface area contributed by atoms with Crippen LogP contribution in [0.5, 0.6) is 17.2 Å². The topological polar surface area (TPSA) is 52.9 Å². The first-order chi connectivity index (χ1) is 16.2. The van der Waals surface area contributed by atoms with E-state index in [1.807, 2.05) is 36.4 Å². The third-order valence-electron chi connectivity index (χ3n) is 6.43. The zero-order valence-corrected chi connectivity index (χ0v) is 19.9. The van der Waals surface area contributed by atoms with Gasteiger partial charge in [-0.05, 0) is 95.4 Å². The van der Waals surface area contributed by atoms with E-state index >= 15 is 0 Å². The average Bonchev–Trinajstić information content (AvgIpc) is 2.85. The lowest BCUT2D eigenvalue weighted by atomic mass is 9.89. The molecule has 0 radical (unpaired) electrons. The first-order valence-corrected chi connectivity index (χ1v) is 11.7. The van der Waals surface area contributed by atoms with Crippen LogP contribution >= 0.6 is 12.4 Å². The molecule has 1 aliphatic heterocycles. The van der Waals surface area contributed by atoms with Crippen LogP contribution in [-0.4, -0.2) is 41.4 Å². The van der Waals surface area contributed by atoms with Crippen LogP contribution in [-0.2, 0) is 0 Å². The van der Waals surface area contributed by atoms with Crippen molar-refractivity contribution >= 4 is 23.2 Å². The van der Waals surface area contributed by atoms with Crippen LogP contribution in [0.25, 0.3) is 33.0 Å². The van der Waals surface area contributed by atoms with E-state index in [-0.39, 0.29) is 23.9 Å². The number of phenols is 2. The SMILES string of the molecule is Cl.Oc1ccc(-c2ccc3cc(O)ccc3c2-c2cccc(OCCN3CCCCC3)c2)cc1. The normalized spacial score (nSPS) is 14.0. The van der Waals surface area contributed by atoms with Gasteiger partial charge >= 0.3 is 0 Å². The number of ether oxygens (including phenoxy) is 1. The Morgan fingerprint density at radius 1 is 0.735 bits per heavy atom. The molecule has 176 valence electrons. The quantitative estimate of drug-likeness (QED) is 0.319. The maximum atomic E-state index is 10.0. The largest absolute Gasteiger partial charge is 0.508 e. The lowest BCUT2D eigenvalue weighted by Crippen LogP contribution is -2.33. The van der Waals surface area contributed by atoms with Crippen molar-refractivity contribution in [2.45, 2.75) is 19.3 Å². The van der Waals surface area contributed by atoms with Crippen molar-refractivity contribution in [3.8, 4) is 39.5 Å². The van der Waals surface area contributed by atoms with Crippen LogP contribution in [0.2, 0.25) is 0 Å². The Hall–Kier alpha value is -3.21. The molecule has 5 heteroatoms. The third kappa shape index (κ3) is 5.30. The van der Waals surface area contributed by atoms with Crippen LogP contribution in [0.3, 0.4) is 0 Å². The first kappa shape index (κ1) is 23.9. The number of halogens is 1. The smallest absolute Gasteiger partial charge is 0.119 e. The molecule has 0 atom stereocenters. The molecular weight excluding hydrogens is 446 g/mol. The molecule has 0 saturated carbocycles. The number of phenolic OH excluding ortho intramolecular Hbond substituents is 2. The molecule has 0 aliphatic carbocycles. The Morgan fingerprint density at radius 2 is 1.50 bits per heavy atom. The number of rotatable bonds is 6. The van der Waals surface area contributed by atoms with Gasteiger partial charge in [0.15, 0.2) is 0 Å². The van der Waals surface area contributed by atoms with Crippen molar-refractivity contribution in [3.05, 3.63) is 78.9 Å². The van der Waals surface area contributed by atoms with Crippen molar-refractivity contribution in [3.63, 3.8) is 0 Å². The summed E-state index contributed by atoms with van der Waals surface area (Å²) in [6.45, 7) is 3.97. The summed E-state index contributed by atoms with van der Waals surface area (Å²) >= 11 is 0. The van der Waals surface area contributed by atoms with Gasteiger partial charge in [0, 0.05) is 6.54 Å². The van der Waals surface area contributed by atoms with E-state index < -0.39 is 0 Å². The molecule has 4 aromatic rings. The minimum atomic E-state index is 0. The van der Waals surface area contributed by atoms with Crippen LogP contribution in [0.15, 0.2) is 78.9 Å². The van der Waals surface area contributed by atoms with Crippen LogP contribution < -0.4 is 4.74 Å². The molecule has 4 nitrogen and oxygen atoms in total. The fourth-order valence-electron chi connectivity index (χ4n) is 4.73. The molecule has 1 saturated heterocycles. The number of likely N-dealkylation sites (tertiary alicyclic amines) is 1. The zero-order chi connectivity index (χ0) is 22.6. The Kier molecular flexibility index (Phi) is 7.61. The maximum absolute atomic E-state index is 10.0. The maximum Gasteiger partial charge on any atom is 0.119 e. The molecule has 0 amide bonds. The summed E-state index contributed by atoms with van der Waals surface area (Å²) in [6, 6.07) is 25.1. The molecule has 0 unspecified atom stereocenters. The highest BCUT2D eigenvalue weighted by Gasteiger charge is 2.14. The van der Waals surface area contributed by atoms with Gasteiger partial charge in [-0.1, -0.05) is 48.9 Å². The van der Waals surface area contributed by atoms with Gasteiger partial charge in [-0.25, -0.2) is 0 Å². The molecular formula is C29H30ClNO3. The van der Waals surface area contributed by atoms with Gasteiger partial charge in [-0.3, -0.25) is 4.90 Å². The lowest BCUT2D eigenvalue weighted by Gasteiger charge is -2.26. The van der Waals surface area contributed by atoms with Crippen molar-refractivity contribution in [1.82, 2.24) is 4.90 Å². The molecule has 0 spiro atoms. The molecule has 4 aromatic carbocycles. The van der Waals surface area contributed by atoms with Gasteiger partial charge < -0.3 is 14.9 Å². The van der Waals surface area contributed by atoms with Gasteiger partial charge in [0.2, 0.25) is 0 Å². The highest BCUT2D eigenvalue weighted by molar-refractivity contribution is 6.04. The Bertz CT molecular complexity index is 1250. The third-order valence-corrected chi connectivity index (χ3v) is 6.43. The summed E-state index contributed by atoms with van der Waals surface area (Å²) in [4.78, 5) is 2.48. The fourth-order valence-corrected chi connectivity index (χ4v) is 4.73. The second kappa shape index (κ2) is 10.8. The van der Waals surface area contributed by atoms with Crippen molar-refractivity contribution < 1.29 is 14.9 Å². The second-order valence-electron chi connectivity index (χ2n) is 8.72. The fraction of sp³-hybridized carbons (Fsp3) is 0.241. The molecule has 0 bridgehead atoms. The summed E-state index contributed by atoms with van der Waals surface area (Å²) in [5.41, 5.74) is 4.23. The second-order valence-corrected chi connectivity index (χ2v) is 8.72. The van der Waals surface area contributed by atoms with Gasteiger partial charge in [0.25, 0.3) is 0 Å². The van der Waals surface area contributed by atoms with E-state index in [2.05, 4.69) is 23.1 Å². The molecule has 34 heavy (non-hydrogen) atoms. The minimum Gasteiger partial charge on any atom is -0.508 e. The Labute approximate surface area is 206 Å². The van der Waals surface area contributed by atoms with E-state index in [0.717, 1.165) is 45.3 Å². The highest BCUT2D eigenvalue weighted by atomic mass is 35.5. The number of piperidine rings is 1. The summed E-state index contributed by atoms with van der Waals surface area (Å²) in [6.07, 6.45) is 3.91. The van der Waals surface area contributed by atoms with E-state index in [1.54, 1.807) is 24.3 Å². The van der Waals surface area contributed by atoms with E-state index in [9.17, 15) is 10.2 Å². The predicted octanol–water partition coefficient (Wildman–Crippen LogP) is 6.87. The van der Waals surface area contributed by atoms with Crippen molar-refractivity contribution in [2.24, 2.45) is 0 Å². The summed E-state index contributed by atoms with van der Waals surface area (Å²) in [7, 11) is 0. The minimum absolute atomic E-state index is 0. The van der Waals surface area contributed by atoms with Crippen LogP contribution in [0.1, 0.15) is 19.3 Å². The highest BCUT2D eigenvalue weighted by Crippen LogP contribution is 2.40. The van der Waals surface area contributed by atoms with E-state index in [1.165, 1.54) is 32.4 Å². The zero-order valence-electron chi connectivity index (χ0n) is 19.1. The predicted molar refractivity (Wildman–Crippen MR) is 141 cm³/mol. The molecule has 1 fully saturated rings. The van der Waals surface area contributed by atoms with Crippen molar-refractivity contribution in [2.75, 3.05) is 26.2 Å². The number of nitrogens with zero attached hydrogens (tertiary/aromatic N) is 1. The average molecular weight is 476 g/mol. The number of fused-ring (bicyclic) bond motifs is 1. The summed E-state index contributed by atoms with van der Waals surface area (Å²) in [5.74, 6) is 1.35. The first-order valence-electron chi connectivity index (χ1n) is 11.7. The van der Waals surface area contributed by atoms with Crippen LogP contribution in [0.4, 0.5) is 0 Å². The van der Waals surface area contributed by atoms with Gasteiger partial charge in [-0.15, -0.1) is 12.4 Å². The number of benzene rings is 4. The Balaban J connectivity index is 0.00000274. The number of hydrogen-bond acceptors (Lipinski definition) is 4. The van der Waals surface area contributed by atoms with Gasteiger partial charge in [-0.2, -0.15) is 0 Å². The van der Waals surface area contributed by atoms with Gasteiger partial charge in [0.05, 0.1) is 0 Å². The summed E-state index contributed by atoms with van der Waals surface area (Å²) in [5, 5.41) is 21.8. The monoisotopic (exact) mass is 475 g/mol. The summed E-state index contributed by atoms with van der Waals surface area (Å²) < 4.78 is 6.15. The van der Waals surface area contributed by atoms with Gasteiger partial charge in [0.1, 0.15) is 23.9 Å². The molecule has 2 N–H and O–H groups in total. The number of hydrogen-bond donors (Lipinski definition) is 2.